The summed E-state index contributed by atoms with van der Waals surface area (Å²) in [6.07, 6.45) is 5.90. The Morgan fingerprint density at radius 2 is 2.23 bits per heavy atom. The van der Waals surface area contributed by atoms with Crippen LogP contribution in [0.15, 0.2) is 70.2 Å². The lowest BCUT2D eigenvalue weighted by atomic mass is 10.1. The number of carbonyl (C=O) groups is 1. The summed E-state index contributed by atoms with van der Waals surface area (Å²) in [7, 11) is 1.63. The Morgan fingerprint density at radius 3 is 2.92 bits per heavy atom. The summed E-state index contributed by atoms with van der Waals surface area (Å²) in [5.41, 5.74) is 3.76. The van der Waals surface area contributed by atoms with Gasteiger partial charge in [-0.2, -0.15) is 0 Å². The Kier molecular flexibility index (Phi) is 6.69. The molecule has 0 saturated carbocycles. The molecule has 0 fully saturated rings. The molecule has 1 aromatic rings. The first kappa shape index (κ1) is 18.9. The quantitative estimate of drug-likeness (QED) is 0.239. The van der Waals surface area contributed by atoms with E-state index in [1.54, 1.807) is 31.4 Å². The number of anilines is 1. The molecule has 3 N–H and O–H groups in total. The highest BCUT2D eigenvalue weighted by Gasteiger charge is 2.07. The molecule has 0 unspecified atom stereocenters. The largest absolute Gasteiger partial charge is 0.497 e. The predicted octanol–water partition coefficient (Wildman–Crippen LogP) is 3.40. The number of allylic oxidation sites excluding steroid dienone is 3. The van der Waals surface area contributed by atoms with Crippen LogP contribution in [0.4, 0.5) is 10.5 Å². The number of methoxy groups -OCH3 is 1. The van der Waals surface area contributed by atoms with Crippen molar-refractivity contribution in [3.63, 3.8) is 0 Å². The summed E-state index contributed by atoms with van der Waals surface area (Å²) in [6.45, 7) is 5.65. The number of hydroxylamine groups is 1. The van der Waals surface area contributed by atoms with E-state index in [2.05, 4.69) is 21.9 Å². The molecule has 8 nitrogen and oxygen atoms in total. The number of aliphatic imine (C=N–C) groups is 2. The van der Waals surface area contributed by atoms with Crippen LogP contribution in [0.3, 0.4) is 0 Å². The highest BCUT2D eigenvalue weighted by Crippen LogP contribution is 2.19. The Labute approximate surface area is 151 Å². The summed E-state index contributed by atoms with van der Waals surface area (Å²) in [5.74, 6) is 1.41. The standard InChI is InChI=1S/C18H20N4O4/c1-12-9-14(7-8-17(12)25-3)20-11-19-13(2)26-16-6-4-5-15(10-16)21-18(23)22-24/h4-6,8-11,24H,2,7H2,1,3H3,(H2,21,22,23). The van der Waals surface area contributed by atoms with Crippen LogP contribution in [0.25, 0.3) is 0 Å². The van der Waals surface area contributed by atoms with Crippen molar-refractivity contribution in [2.24, 2.45) is 9.98 Å². The fraction of sp³-hybridized carbons (Fsp3) is 0.167. The predicted molar refractivity (Wildman–Crippen MR) is 99.5 cm³/mol. The van der Waals surface area contributed by atoms with Gasteiger partial charge in [-0.3, -0.25) is 5.21 Å². The zero-order valence-corrected chi connectivity index (χ0v) is 14.5. The lowest BCUT2D eigenvalue weighted by molar-refractivity contribution is 0.172. The van der Waals surface area contributed by atoms with Crippen molar-refractivity contribution < 1.29 is 19.5 Å². The first-order chi connectivity index (χ1) is 12.5. The Morgan fingerprint density at radius 1 is 1.42 bits per heavy atom. The minimum atomic E-state index is -0.753. The van der Waals surface area contributed by atoms with Gasteiger partial charge in [-0.25, -0.2) is 20.3 Å². The van der Waals surface area contributed by atoms with Gasteiger partial charge in [-0.15, -0.1) is 0 Å². The average Bonchev–Trinajstić information content (AvgIpc) is 2.62. The van der Waals surface area contributed by atoms with Crippen LogP contribution < -0.4 is 15.5 Å². The number of rotatable bonds is 6. The second-order valence-corrected chi connectivity index (χ2v) is 5.26. The van der Waals surface area contributed by atoms with Gasteiger partial charge in [0.1, 0.15) is 17.8 Å². The van der Waals surface area contributed by atoms with Crippen molar-refractivity contribution in [1.29, 1.82) is 0 Å². The third-order valence-corrected chi connectivity index (χ3v) is 3.34. The smallest absolute Gasteiger partial charge is 0.342 e. The Balaban J connectivity index is 1.94. The first-order valence-electron chi connectivity index (χ1n) is 7.71. The van der Waals surface area contributed by atoms with Crippen molar-refractivity contribution in [1.82, 2.24) is 5.48 Å². The molecule has 0 aromatic heterocycles. The van der Waals surface area contributed by atoms with Crippen LogP contribution >= 0.6 is 0 Å². The molecule has 0 spiro atoms. The molecular formula is C18H20N4O4. The Hall–Kier alpha value is -3.39. The minimum absolute atomic E-state index is 0.141. The zero-order valence-electron chi connectivity index (χ0n) is 14.5. The third kappa shape index (κ3) is 5.60. The van der Waals surface area contributed by atoms with Crippen molar-refractivity contribution in [2.45, 2.75) is 13.3 Å². The van der Waals surface area contributed by atoms with Gasteiger partial charge in [-0.1, -0.05) is 6.07 Å². The second kappa shape index (κ2) is 9.19. The van der Waals surface area contributed by atoms with E-state index in [0.717, 1.165) is 17.0 Å². The molecule has 1 aliphatic rings. The lowest BCUT2D eigenvalue weighted by Gasteiger charge is -2.11. The van der Waals surface area contributed by atoms with Gasteiger partial charge in [0, 0.05) is 23.9 Å². The molecular weight excluding hydrogens is 336 g/mol. The molecule has 2 rings (SSSR count). The molecule has 8 heteroatoms. The van der Waals surface area contributed by atoms with Crippen molar-refractivity contribution in [3.05, 3.63) is 60.2 Å². The maximum atomic E-state index is 11.1. The van der Waals surface area contributed by atoms with E-state index in [1.807, 2.05) is 19.1 Å². The van der Waals surface area contributed by atoms with Crippen LogP contribution in [0.1, 0.15) is 13.3 Å². The van der Waals surface area contributed by atoms with E-state index in [-0.39, 0.29) is 5.88 Å². The summed E-state index contributed by atoms with van der Waals surface area (Å²) < 4.78 is 10.7. The van der Waals surface area contributed by atoms with Crippen LogP contribution in [0, 0.1) is 0 Å². The number of hydrogen-bond acceptors (Lipinski definition) is 5. The van der Waals surface area contributed by atoms with Gasteiger partial charge in [-0.05, 0) is 43.4 Å². The van der Waals surface area contributed by atoms with Crippen molar-refractivity contribution in [2.75, 3.05) is 12.4 Å². The van der Waals surface area contributed by atoms with Crippen LogP contribution in [-0.2, 0) is 4.74 Å². The number of ether oxygens (including phenoxy) is 2. The number of urea groups is 1. The normalized spacial score (nSPS) is 15.3. The van der Waals surface area contributed by atoms with E-state index in [0.29, 0.717) is 17.9 Å². The minimum Gasteiger partial charge on any atom is -0.497 e. The van der Waals surface area contributed by atoms with Crippen LogP contribution in [0.5, 0.6) is 5.75 Å². The maximum Gasteiger partial charge on any atom is 0.342 e. The van der Waals surface area contributed by atoms with Gasteiger partial charge < -0.3 is 14.8 Å². The summed E-state index contributed by atoms with van der Waals surface area (Å²) in [6, 6.07) is 5.80. The summed E-state index contributed by atoms with van der Waals surface area (Å²) in [4.78, 5) is 19.4. The zero-order chi connectivity index (χ0) is 18.9. The molecule has 0 aliphatic heterocycles. The monoisotopic (exact) mass is 356 g/mol. The van der Waals surface area contributed by atoms with Crippen LogP contribution in [-0.4, -0.2) is 30.4 Å². The lowest BCUT2D eigenvalue weighted by Crippen LogP contribution is -2.24. The number of amides is 2. The number of nitrogens with zero attached hydrogens (tertiary/aromatic N) is 2. The molecule has 136 valence electrons. The third-order valence-electron chi connectivity index (χ3n) is 3.34. The topological polar surface area (TPSA) is 105 Å². The second-order valence-electron chi connectivity index (χ2n) is 5.26. The number of benzene rings is 1. The fourth-order valence-corrected chi connectivity index (χ4v) is 2.20. The fourth-order valence-electron chi connectivity index (χ4n) is 2.20. The summed E-state index contributed by atoms with van der Waals surface area (Å²) in [5, 5.41) is 10.9. The molecule has 0 heterocycles. The van der Waals surface area contributed by atoms with Gasteiger partial charge >= 0.3 is 6.03 Å². The van der Waals surface area contributed by atoms with E-state index >= 15 is 0 Å². The first-order valence-corrected chi connectivity index (χ1v) is 7.71. The van der Waals surface area contributed by atoms with Gasteiger partial charge in [0.25, 0.3) is 0 Å². The van der Waals surface area contributed by atoms with Crippen molar-refractivity contribution in [3.8, 4) is 5.75 Å². The molecule has 0 atom stereocenters. The maximum absolute atomic E-state index is 11.1. The average molecular weight is 356 g/mol. The molecule has 0 radical (unpaired) electrons. The molecule has 2 amide bonds. The van der Waals surface area contributed by atoms with E-state index in [1.165, 1.54) is 11.8 Å². The Bertz CT molecular complexity index is 809. The molecule has 26 heavy (non-hydrogen) atoms. The van der Waals surface area contributed by atoms with Gasteiger partial charge in [0.2, 0.25) is 5.88 Å². The number of nitrogens with one attached hydrogen (secondary N) is 2. The summed E-state index contributed by atoms with van der Waals surface area (Å²) >= 11 is 0. The van der Waals surface area contributed by atoms with Crippen LogP contribution in [0.2, 0.25) is 0 Å². The van der Waals surface area contributed by atoms with E-state index < -0.39 is 6.03 Å². The molecule has 0 saturated heterocycles. The highest BCUT2D eigenvalue weighted by molar-refractivity contribution is 6.02. The molecule has 1 aromatic carbocycles. The van der Waals surface area contributed by atoms with E-state index in [9.17, 15) is 4.79 Å². The van der Waals surface area contributed by atoms with E-state index in [4.69, 9.17) is 14.7 Å². The number of hydrogen-bond donors (Lipinski definition) is 3. The molecule has 0 bridgehead atoms. The highest BCUT2D eigenvalue weighted by atomic mass is 16.5. The number of carbonyl (C=O) groups excluding carboxylic acids is 1. The van der Waals surface area contributed by atoms with Gasteiger partial charge in [0.05, 0.1) is 7.11 Å². The van der Waals surface area contributed by atoms with Crippen molar-refractivity contribution >= 4 is 23.8 Å². The molecule has 1 aliphatic carbocycles. The SMILES string of the molecule is C=C(N=CN=C1C=C(C)C(OC)=CC1)Oc1cccc(NC(=O)NO)c1. The van der Waals surface area contributed by atoms with Gasteiger partial charge in [0.15, 0.2) is 0 Å².